The molecular weight excluding hydrogens is 366 g/mol. The summed E-state index contributed by atoms with van der Waals surface area (Å²) >= 11 is 0. The lowest BCUT2D eigenvalue weighted by atomic mass is 10.0. The first-order valence-electron chi connectivity index (χ1n) is 9.56. The van der Waals surface area contributed by atoms with Gasteiger partial charge in [0.2, 0.25) is 5.78 Å². The standard InChI is InChI=1S/C23H25N3O3/c1-14(2)18-6-8-19(9-7-18)26-16(4)10-20(17(26)5)22(27)13-29-23(28)21-12-24-15(3)11-25-21/h6-12,14H,13H2,1-5H3. The third-order valence-corrected chi connectivity index (χ3v) is 4.87. The molecule has 0 aliphatic rings. The Kier molecular flexibility index (Phi) is 5.92. The Hall–Kier alpha value is -3.28. The van der Waals surface area contributed by atoms with Gasteiger partial charge in [-0.3, -0.25) is 9.78 Å². The molecule has 0 amide bonds. The van der Waals surface area contributed by atoms with Gasteiger partial charge in [-0.05, 0) is 50.5 Å². The number of nitrogens with zero attached hydrogens (tertiary/aromatic N) is 3. The van der Waals surface area contributed by atoms with Crippen molar-refractivity contribution in [3.05, 3.63) is 76.6 Å². The number of aryl methyl sites for hydroxylation is 2. The Morgan fingerprint density at radius 1 is 1.03 bits per heavy atom. The molecule has 0 saturated carbocycles. The van der Waals surface area contributed by atoms with Crippen LogP contribution in [0.5, 0.6) is 0 Å². The topological polar surface area (TPSA) is 74.1 Å². The molecule has 150 valence electrons. The zero-order chi connectivity index (χ0) is 21.1. The zero-order valence-electron chi connectivity index (χ0n) is 17.4. The van der Waals surface area contributed by atoms with Gasteiger partial charge in [-0.2, -0.15) is 0 Å². The highest BCUT2D eigenvalue weighted by molar-refractivity contribution is 6.00. The van der Waals surface area contributed by atoms with Crippen LogP contribution >= 0.6 is 0 Å². The number of ether oxygens (including phenoxy) is 1. The van der Waals surface area contributed by atoms with Crippen LogP contribution in [0.4, 0.5) is 0 Å². The van der Waals surface area contributed by atoms with E-state index in [0.717, 1.165) is 17.1 Å². The van der Waals surface area contributed by atoms with E-state index in [1.165, 1.54) is 18.0 Å². The van der Waals surface area contributed by atoms with Gasteiger partial charge in [0, 0.05) is 28.8 Å². The molecule has 6 heteroatoms. The van der Waals surface area contributed by atoms with Crippen molar-refractivity contribution >= 4 is 11.8 Å². The molecule has 2 heterocycles. The van der Waals surface area contributed by atoms with E-state index in [1.807, 2.05) is 24.5 Å². The van der Waals surface area contributed by atoms with Crippen molar-refractivity contribution in [2.24, 2.45) is 0 Å². The Morgan fingerprint density at radius 3 is 2.31 bits per heavy atom. The molecule has 0 aliphatic carbocycles. The van der Waals surface area contributed by atoms with Gasteiger partial charge in [-0.25, -0.2) is 9.78 Å². The largest absolute Gasteiger partial charge is 0.453 e. The molecular formula is C23H25N3O3. The van der Waals surface area contributed by atoms with E-state index in [4.69, 9.17) is 4.74 Å². The molecule has 0 aliphatic heterocycles. The van der Waals surface area contributed by atoms with Crippen molar-refractivity contribution in [2.75, 3.05) is 6.61 Å². The van der Waals surface area contributed by atoms with Gasteiger partial charge >= 0.3 is 5.97 Å². The van der Waals surface area contributed by atoms with Gasteiger partial charge < -0.3 is 9.30 Å². The van der Waals surface area contributed by atoms with Crippen LogP contribution in [-0.2, 0) is 4.74 Å². The van der Waals surface area contributed by atoms with Gasteiger partial charge in [-0.15, -0.1) is 0 Å². The highest BCUT2D eigenvalue weighted by Crippen LogP contribution is 2.23. The number of esters is 1. The lowest BCUT2D eigenvalue weighted by Gasteiger charge is -2.12. The van der Waals surface area contributed by atoms with E-state index in [9.17, 15) is 9.59 Å². The van der Waals surface area contributed by atoms with Crippen LogP contribution in [0.1, 0.15) is 63.3 Å². The number of hydrogen-bond donors (Lipinski definition) is 0. The summed E-state index contributed by atoms with van der Waals surface area (Å²) in [6, 6.07) is 10.1. The summed E-state index contributed by atoms with van der Waals surface area (Å²) in [5.74, 6) is -0.457. The number of carbonyl (C=O) groups excluding carboxylic acids is 2. The number of benzene rings is 1. The third kappa shape index (κ3) is 4.42. The minimum atomic E-state index is -0.663. The van der Waals surface area contributed by atoms with Crippen LogP contribution in [0.3, 0.4) is 0 Å². The first-order chi connectivity index (χ1) is 13.8. The molecule has 0 saturated heterocycles. The molecule has 2 aromatic heterocycles. The molecule has 0 spiro atoms. The van der Waals surface area contributed by atoms with Crippen molar-refractivity contribution in [3.8, 4) is 5.69 Å². The van der Waals surface area contributed by atoms with E-state index >= 15 is 0 Å². The van der Waals surface area contributed by atoms with Crippen LogP contribution < -0.4 is 0 Å². The average Bonchev–Trinajstić information content (AvgIpc) is 3.00. The second-order valence-electron chi connectivity index (χ2n) is 7.41. The van der Waals surface area contributed by atoms with E-state index in [-0.39, 0.29) is 18.1 Å². The summed E-state index contributed by atoms with van der Waals surface area (Å²) in [6.45, 7) is 9.59. The molecule has 3 rings (SSSR count). The maximum Gasteiger partial charge on any atom is 0.358 e. The van der Waals surface area contributed by atoms with E-state index in [2.05, 4.69) is 48.1 Å². The number of hydrogen-bond acceptors (Lipinski definition) is 5. The second-order valence-corrected chi connectivity index (χ2v) is 7.41. The monoisotopic (exact) mass is 391 g/mol. The fourth-order valence-corrected chi connectivity index (χ4v) is 3.23. The first kappa shape index (κ1) is 20.5. The SMILES string of the molecule is Cc1cnc(C(=O)OCC(=O)c2cc(C)n(-c3ccc(C(C)C)cc3)c2C)cn1. The quantitative estimate of drug-likeness (QED) is 0.461. The molecule has 3 aromatic rings. The Bertz CT molecular complexity index is 1030. The molecule has 29 heavy (non-hydrogen) atoms. The summed E-state index contributed by atoms with van der Waals surface area (Å²) in [4.78, 5) is 32.7. The normalized spacial score (nSPS) is 11.0. The molecule has 6 nitrogen and oxygen atoms in total. The predicted molar refractivity (Wildman–Crippen MR) is 111 cm³/mol. The van der Waals surface area contributed by atoms with Gasteiger partial charge in [0.05, 0.1) is 11.9 Å². The van der Waals surface area contributed by atoms with Gasteiger partial charge in [0.1, 0.15) is 0 Å². The second kappa shape index (κ2) is 8.39. The van der Waals surface area contributed by atoms with E-state index < -0.39 is 5.97 Å². The summed E-state index contributed by atoms with van der Waals surface area (Å²) in [5, 5.41) is 0. The fraction of sp³-hybridized carbons (Fsp3) is 0.304. The molecule has 0 N–H and O–H groups in total. The van der Waals surface area contributed by atoms with Crippen molar-refractivity contribution < 1.29 is 14.3 Å². The summed E-state index contributed by atoms with van der Waals surface area (Å²) in [5.41, 5.74) is 5.34. The van der Waals surface area contributed by atoms with Crippen LogP contribution in [-0.4, -0.2) is 32.9 Å². The maximum atomic E-state index is 12.7. The van der Waals surface area contributed by atoms with Crippen LogP contribution in [0.15, 0.2) is 42.7 Å². The molecule has 1 aromatic carbocycles. The number of carbonyl (C=O) groups is 2. The predicted octanol–water partition coefficient (Wildman–Crippen LogP) is 4.36. The highest BCUT2D eigenvalue weighted by atomic mass is 16.5. The minimum Gasteiger partial charge on any atom is -0.453 e. The van der Waals surface area contributed by atoms with Crippen molar-refractivity contribution in [1.82, 2.24) is 14.5 Å². The average molecular weight is 391 g/mol. The number of rotatable bonds is 6. The van der Waals surface area contributed by atoms with Crippen molar-refractivity contribution in [3.63, 3.8) is 0 Å². The van der Waals surface area contributed by atoms with Gasteiger partial charge in [-0.1, -0.05) is 26.0 Å². The minimum absolute atomic E-state index is 0.0825. The lowest BCUT2D eigenvalue weighted by Crippen LogP contribution is -2.16. The number of ketones is 1. The van der Waals surface area contributed by atoms with Crippen LogP contribution in [0.2, 0.25) is 0 Å². The highest BCUT2D eigenvalue weighted by Gasteiger charge is 2.19. The fourth-order valence-electron chi connectivity index (χ4n) is 3.23. The summed E-state index contributed by atoms with van der Waals surface area (Å²) in [7, 11) is 0. The van der Waals surface area contributed by atoms with Gasteiger partial charge in [0.15, 0.2) is 12.3 Å². The summed E-state index contributed by atoms with van der Waals surface area (Å²) in [6.07, 6.45) is 2.82. The maximum absolute atomic E-state index is 12.7. The van der Waals surface area contributed by atoms with E-state index in [0.29, 0.717) is 17.2 Å². The molecule has 0 atom stereocenters. The zero-order valence-corrected chi connectivity index (χ0v) is 17.4. The third-order valence-electron chi connectivity index (χ3n) is 4.87. The van der Waals surface area contributed by atoms with E-state index in [1.54, 1.807) is 6.92 Å². The first-order valence-corrected chi connectivity index (χ1v) is 9.56. The molecule has 0 unspecified atom stereocenters. The van der Waals surface area contributed by atoms with Gasteiger partial charge in [0.25, 0.3) is 0 Å². The Morgan fingerprint density at radius 2 is 1.72 bits per heavy atom. The summed E-state index contributed by atoms with van der Waals surface area (Å²) < 4.78 is 7.17. The number of Topliss-reactive ketones (excluding diaryl/α,β-unsaturated/α-hetero) is 1. The Labute approximate surface area is 170 Å². The molecule has 0 fully saturated rings. The Balaban J connectivity index is 1.75. The van der Waals surface area contributed by atoms with Crippen LogP contribution in [0, 0.1) is 20.8 Å². The molecule has 0 bridgehead atoms. The smallest absolute Gasteiger partial charge is 0.358 e. The lowest BCUT2D eigenvalue weighted by molar-refractivity contribution is 0.0468. The number of aromatic nitrogens is 3. The van der Waals surface area contributed by atoms with Crippen molar-refractivity contribution in [1.29, 1.82) is 0 Å². The van der Waals surface area contributed by atoms with Crippen molar-refractivity contribution in [2.45, 2.75) is 40.5 Å². The molecule has 0 radical (unpaired) electrons. The van der Waals surface area contributed by atoms with Crippen LogP contribution in [0.25, 0.3) is 5.69 Å².